The van der Waals surface area contributed by atoms with Crippen LogP contribution >= 0.6 is 0 Å². The zero-order valence-corrected chi connectivity index (χ0v) is 15.4. The van der Waals surface area contributed by atoms with E-state index >= 15 is 0 Å². The molecule has 0 unspecified atom stereocenters. The number of anilines is 2. The van der Waals surface area contributed by atoms with Crippen LogP contribution in [0.4, 0.5) is 11.6 Å². The lowest BCUT2D eigenvalue weighted by molar-refractivity contribution is 0.601. The van der Waals surface area contributed by atoms with Gasteiger partial charge in [0, 0.05) is 6.54 Å². The van der Waals surface area contributed by atoms with Crippen LogP contribution in [0, 0.1) is 13.8 Å². The van der Waals surface area contributed by atoms with Crippen LogP contribution in [-0.4, -0.2) is 18.6 Å². The molecule has 0 saturated carbocycles. The molecule has 26 heavy (non-hydrogen) atoms. The van der Waals surface area contributed by atoms with E-state index in [1.165, 1.54) is 5.56 Å². The summed E-state index contributed by atoms with van der Waals surface area (Å²) in [5, 5.41) is 11.1. The topological polar surface area (TPSA) is 84.0 Å². The van der Waals surface area contributed by atoms with Crippen molar-refractivity contribution < 1.29 is 8.42 Å². The van der Waals surface area contributed by atoms with Crippen molar-refractivity contribution in [1.29, 1.82) is 0 Å². The van der Waals surface area contributed by atoms with Crippen molar-refractivity contribution in [1.82, 2.24) is 10.2 Å². The van der Waals surface area contributed by atoms with E-state index < -0.39 is 10.0 Å². The van der Waals surface area contributed by atoms with Crippen LogP contribution in [0.25, 0.3) is 0 Å². The molecule has 0 saturated heterocycles. The van der Waals surface area contributed by atoms with Gasteiger partial charge in [-0.25, -0.2) is 8.42 Å². The van der Waals surface area contributed by atoms with Gasteiger partial charge in [0.25, 0.3) is 10.0 Å². The summed E-state index contributed by atoms with van der Waals surface area (Å²) in [6, 6.07) is 18.0. The molecule has 0 atom stereocenters. The number of aryl methyl sites for hydroxylation is 2. The van der Waals surface area contributed by atoms with Crippen LogP contribution in [0.5, 0.6) is 0 Å². The van der Waals surface area contributed by atoms with E-state index in [0.717, 1.165) is 11.1 Å². The monoisotopic (exact) mass is 368 g/mol. The molecule has 0 fully saturated rings. The molecular weight excluding hydrogens is 348 g/mol. The lowest BCUT2D eigenvalue weighted by Gasteiger charge is -2.09. The van der Waals surface area contributed by atoms with Crippen molar-refractivity contribution in [3.05, 3.63) is 77.4 Å². The molecule has 0 amide bonds. The highest BCUT2D eigenvalue weighted by Crippen LogP contribution is 2.15. The first-order valence-corrected chi connectivity index (χ1v) is 9.63. The fourth-order valence-corrected chi connectivity index (χ4v) is 3.41. The molecule has 3 aromatic rings. The van der Waals surface area contributed by atoms with Crippen molar-refractivity contribution in [2.75, 3.05) is 10.0 Å². The number of hydrogen-bond acceptors (Lipinski definition) is 5. The third-order valence-electron chi connectivity index (χ3n) is 3.79. The summed E-state index contributed by atoms with van der Waals surface area (Å²) < 4.78 is 27.1. The molecule has 2 aromatic carbocycles. The molecule has 1 heterocycles. The maximum Gasteiger partial charge on any atom is 0.263 e. The molecule has 0 spiro atoms. The van der Waals surface area contributed by atoms with E-state index in [1.807, 2.05) is 32.0 Å². The third-order valence-corrected chi connectivity index (χ3v) is 5.16. The Bertz CT molecular complexity index is 985. The molecule has 6 nitrogen and oxygen atoms in total. The van der Waals surface area contributed by atoms with E-state index in [4.69, 9.17) is 0 Å². The minimum atomic E-state index is -3.68. The molecule has 2 N–H and O–H groups in total. The number of benzene rings is 2. The first-order valence-electron chi connectivity index (χ1n) is 8.15. The largest absolute Gasteiger partial charge is 0.365 e. The highest BCUT2D eigenvalue weighted by molar-refractivity contribution is 7.92. The Hall–Kier alpha value is -2.93. The minimum absolute atomic E-state index is 0.173. The summed E-state index contributed by atoms with van der Waals surface area (Å²) in [6.45, 7) is 4.56. The van der Waals surface area contributed by atoms with Crippen molar-refractivity contribution in [2.24, 2.45) is 0 Å². The minimum Gasteiger partial charge on any atom is -0.365 e. The van der Waals surface area contributed by atoms with Crippen molar-refractivity contribution in [3.8, 4) is 0 Å². The van der Waals surface area contributed by atoms with E-state index in [1.54, 1.807) is 36.4 Å². The average Bonchev–Trinajstić information content (AvgIpc) is 2.61. The van der Waals surface area contributed by atoms with E-state index in [-0.39, 0.29) is 10.7 Å². The van der Waals surface area contributed by atoms with Crippen LogP contribution in [0.15, 0.2) is 65.6 Å². The molecule has 1 aromatic heterocycles. The maximum absolute atomic E-state index is 12.3. The molecule has 0 radical (unpaired) electrons. The zero-order chi connectivity index (χ0) is 18.6. The van der Waals surface area contributed by atoms with E-state index in [0.29, 0.717) is 12.4 Å². The summed E-state index contributed by atoms with van der Waals surface area (Å²) in [4.78, 5) is 0.187. The second-order valence-corrected chi connectivity index (χ2v) is 7.75. The Morgan fingerprint density at radius 1 is 0.846 bits per heavy atom. The first-order chi connectivity index (χ1) is 12.4. The fourth-order valence-electron chi connectivity index (χ4n) is 2.41. The van der Waals surface area contributed by atoms with Crippen molar-refractivity contribution in [2.45, 2.75) is 25.3 Å². The van der Waals surface area contributed by atoms with Gasteiger partial charge >= 0.3 is 0 Å². The quantitative estimate of drug-likeness (QED) is 0.696. The molecule has 3 rings (SSSR count). The van der Waals surface area contributed by atoms with Gasteiger partial charge < -0.3 is 5.32 Å². The highest BCUT2D eigenvalue weighted by atomic mass is 32.2. The van der Waals surface area contributed by atoms with Gasteiger partial charge in [-0.05, 0) is 43.7 Å². The standard InChI is InChI=1S/C19H20N4O2S/c1-14-6-8-17(9-7-14)26(24,25)23-19-11-10-18(21-22-19)20-13-16-5-3-4-15(2)12-16/h3-12H,13H2,1-2H3,(H,20,21)(H,22,23). The Kier molecular flexibility index (Phi) is 5.18. The van der Waals surface area contributed by atoms with Gasteiger partial charge in [-0.1, -0.05) is 47.5 Å². The summed E-state index contributed by atoms with van der Waals surface area (Å²) in [5.74, 6) is 0.747. The molecular formula is C19H20N4O2S. The van der Waals surface area contributed by atoms with Gasteiger partial charge in [0.15, 0.2) is 5.82 Å². The van der Waals surface area contributed by atoms with Crippen LogP contribution in [0.3, 0.4) is 0 Å². The Balaban J connectivity index is 1.64. The SMILES string of the molecule is Cc1ccc(S(=O)(=O)Nc2ccc(NCc3cccc(C)c3)nn2)cc1. The number of sulfonamides is 1. The van der Waals surface area contributed by atoms with Gasteiger partial charge in [0.1, 0.15) is 5.82 Å². The van der Waals surface area contributed by atoms with Gasteiger partial charge in [-0.15, -0.1) is 10.2 Å². The number of rotatable bonds is 6. The predicted molar refractivity (Wildman–Crippen MR) is 103 cm³/mol. The smallest absolute Gasteiger partial charge is 0.263 e. The predicted octanol–water partition coefficient (Wildman–Crippen LogP) is 3.51. The summed E-state index contributed by atoms with van der Waals surface area (Å²) >= 11 is 0. The second-order valence-electron chi connectivity index (χ2n) is 6.06. The van der Waals surface area contributed by atoms with Gasteiger partial charge in [-0.3, -0.25) is 4.72 Å². The van der Waals surface area contributed by atoms with Crippen LogP contribution in [0.2, 0.25) is 0 Å². The van der Waals surface area contributed by atoms with Crippen LogP contribution < -0.4 is 10.0 Å². The normalized spacial score (nSPS) is 11.2. The van der Waals surface area contributed by atoms with E-state index in [9.17, 15) is 8.42 Å². The highest BCUT2D eigenvalue weighted by Gasteiger charge is 2.14. The number of hydrogen-bond donors (Lipinski definition) is 2. The molecule has 0 bridgehead atoms. The number of aromatic nitrogens is 2. The zero-order valence-electron chi connectivity index (χ0n) is 14.6. The maximum atomic E-state index is 12.3. The third kappa shape index (κ3) is 4.58. The Labute approximate surface area is 153 Å². The average molecular weight is 368 g/mol. The van der Waals surface area contributed by atoms with Gasteiger partial charge in [-0.2, -0.15) is 0 Å². The van der Waals surface area contributed by atoms with Crippen molar-refractivity contribution >= 4 is 21.7 Å². The number of nitrogens with zero attached hydrogens (tertiary/aromatic N) is 2. The van der Waals surface area contributed by atoms with Crippen LogP contribution in [-0.2, 0) is 16.6 Å². The molecule has 134 valence electrons. The Morgan fingerprint density at radius 3 is 2.19 bits per heavy atom. The summed E-state index contributed by atoms with van der Waals surface area (Å²) in [5.41, 5.74) is 3.32. The van der Waals surface area contributed by atoms with Crippen molar-refractivity contribution in [3.63, 3.8) is 0 Å². The first kappa shape index (κ1) is 17.9. The van der Waals surface area contributed by atoms with Gasteiger partial charge in [0.05, 0.1) is 4.90 Å². The van der Waals surface area contributed by atoms with E-state index in [2.05, 4.69) is 26.3 Å². The summed E-state index contributed by atoms with van der Waals surface area (Å²) in [6.07, 6.45) is 0. The second kappa shape index (κ2) is 7.53. The Morgan fingerprint density at radius 2 is 1.54 bits per heavy atom. The molecule has 7 heteroatoms. The van der Waals surface area contributed by atoms with Gasteiger partial charge in [0.2, 0.25) is 0 Å². The van der Waals surface area contributed by atoms with Crippen LogP contribution in [0.1, 0.15) is 16.7 Å². The summed E-state index contributed by atoms with van der Waals surface area (Å²) in [7, 11) is -3.68. The molecule has 0 aliphatic carbocycles. The number of nitrogens with one attached hydrogen (secondary N) is 2. The fraction of sp³-hybridized carbons (Fsp3) is 0.158. The molecule has 0 aliphatic heterocycles. The lowest BCUT2D eigenvalue weighted by Crippen LogP contribution is -2.14. The molecule has 0 aliphatic rings. The lowest BCUT2D eigenvalue weighted by atomic mass is 10.1.